The van der Waals surface area contributed by atoms with E-state index in [9.17, 15) is 22.8 Å². The number of alkyl halides is 2. The van der Waals surface area contributed by atoms with Crippen molar-refractivity contribution in [2.24, 2.45) is 5.73 Å². The molecule has 2 heterocycles. The molecular weight excluding hydrogens is 527 g/mol. The van der Waals surface area contributed by atoms with Crippen molar-refractivity contribution in [1.82, 2.24) is 10.3 Å². The Bertz CT molecular complexity index is 1370. The summed E-state index contributed by atoms with van der Waals surface area (Å²) >= 11 is 0. The average Bonchev–Trinajstić information content (AvgIpc) is 3.71. The predicted octanol–water partition coefficient (Wildman–Crippen LogP) is 4.08. The minimum absolute atomic E-state index is 0.0224. The largest absolute Gasteiger partial charge is 0.493 e. The average molecular weight is 558 g/mol. The molecule has 2 aromatic carbocycles. The van der Waals surface area contributed by atoms with Gasteiger partial charge in [0, 0.05) is 35.3 Å². The van der Waals surface area contributed by atoms with E-state index in [1.807, 2.05) is 0 Å². The van der Waals surface area contributed by atoms with Crippen LogP contribution in [0.15, 0.2) is 48.5 Å². The summed E-state index contributed by atoms with van der Waals surface area (Å²) in [5.41, 5.74) is 3.80. The van der Waals surface area contributed by atoms with Gasteiger partial charge in [-0.2, -0.15) is 0 Å². The third-order valence-corrected chi connectivity index (χ3v) is 6.61. The van der Waals surface area contributed by atoms with E-state index in [0.717, 1.165) is 12.8 Å². The van der Waals surface area contributed by atoms with Crippen molar-refractivity contribution in [3.8, 4) is 28.5 Å². The highest BCUT2D eigenvalue weighted by molar-refractivity contribution is 5.94. The zero-order valence-corrected chi connectivity index (χ0v) is 22.1. The first-order valence-corrected chi connectivity index (χ1v) is 12.7. The number of pyridine rings is 1. The zero-order chi connectivity index (χ0) is 28.9. The molecule has 0 radical (unpaired) electrons. The number of nitrogens with two attached hydrogens (primary N) is 1. The second-order valence-corrected chi connectivity index (χ2v) is 9.28. The fraction of sp³-hybridized carbons (Fsp3) is 0.345. The number of nitrogens with zero attached hydrogens (tertiary/aromatic N) is 1. The van der Waals surface area contributed by atoms with Gasteiger partial charge in [0.15, 0.2) is 11.5 Å². The first-order chi connectivity index (χ1) is 19.3. The van der Waals surface area contributed by atoms with Gasteiger partial charge in [-0.3, -0.25) is 4.79 Å². The number of methoxy groups -OCH3 is 1. The molecule has 1 amide bonds. The van der Waals surface area contributed by atoms with E-state index in [0.29, 0.717) is 28.3 Å². The Balaban J connectivity index is 0.00000181. The molecule has 1 saturated carbocycles. The highest BCUT2D eigenvalue weighted by Crippen LogP contribution is 2.46. The van der Waals surface area contributed by atoms with Gasteiger partial charge >= 0.3 is 0 Å². The van der Waals surface area contributed by atoms with Crippen LogP contribution in [0.2, 0.25) is 0 Å². The fourth-order valence-corrected chi connectivity index (χ4v) is 4.29. The van der Waals surface area contributed by atoms with Gasteiger partial charge in [-0.25, -0.2) is 18.2 Å². The molecule has 40 heavy (non-hydrogen) atoms. The van der Waals surface area contributed by atoms with Crippen LogP contribution in [0.25, 0.3) is 11.3 Å². The number of ether oxygens (including phenoxy) is 3. The van der Waals surface area contributed by atoms with Gasteiger partial charge < -0.3 is 30.1 Å². The Morgan fingerprint density at radius 2 is 1.90 bits per heavy atom. The minimum atomic E-state index is -3.00. The van der Waals surface area contributed by atoms with Crippen molar-refractivity contribution >= 4 is 12.2 Å². The van der Waals surface area contributed by atoms with Gasteiger partial charge in [-0.15, -0.1) is 0 Å². The molecule has 2 aliphatic rings. The molecule has 1 aliphatic heterocycles. The summed E-state index contributed by atoms with van der Waals surface area (Å²) in [7, 11) is 3.00. The summed E-state index contributed by atoms with van der Waals surface area (Å²) in [5, 5.41) is 2.79. The topological polar surface area (TPSA) is 113 Å². The highest BCUT2D eigenvalue weighted by Gasteiger charge is 2.50. The molecule has 0 spiro atoms. The number of benzene rings is 2. The highest BCUT2D eigenvalue weighted by atomic mass is 19.3. The van der Waals surface area contributed by atoms with Crippen LogP contribution in [0, 0.1) is 5.82 Å². The maximum absolute atomic E-state index is 14.0. The summed E-state index contributed by atoms with van der Waals surface area (Å²) < 4.78 is 58.3. The number of halogens is 3. The minimum Gasteiger partial charge on any atom is -0.493 e. The first-order valence-electron chi connectivity index (χ1n) is 12.7. The molecular formula is C29H30F3N3O5. The van der Waals surface area contributed by atoms with Crippen molar-refractivity contribution in [2.45, 2.75) is 37.2 Å². The number of nitrogens with one attached hydrogen (secondary N) is 1. The number of amides is 1. The maximum atomic E-state index is 14.0. The van der Waals surface area contributed by atoms with Crippen LogP contribution >= 0.6 is 0 Å². The van der Waals surface area contributed by atoms with Crippen LogP contribution in [0.1, 0.15) is 34.5 Å². The Morgan fingerprint density at radius 1 is 1.18 bits per heavy atom. The predicted molar refractivity (Wildman–Crippen MR) is 142 cm³/mol. The van der Waals surface area contributed by atoms with Crippen LogP contribution in [0.5, 0.6) is 17.2 Å². The van der Waals surface area contributed by atoms with Gasteiger partial charge in [0.2, 0.25) is 0 Å². The quantitative estimate of drug-likeness (QED) is 0.361. The number of aldehydes is 1. The van der Waals surface area contributed by atoms with E-state index in [1.54, 1.807) is 18.2 Å². The number of fused-ring (bicyclic) bond motifs is 1. The van der Waals surface area contributed by atoms with Gasteiger partial charge in [-0.1, -0.05) is 0 Å². The number of carbonyl (C=O) groups is 2. The fourth-order valence-electron chi connectivity index (χ4n) is 4.29. The molecule has 1 fully saturated rings. The Labute approximate surface area is 229 Å². The standard InChI is InChI=1S/C28H25F3N2O5.CH5N/c1-36-23-12-17(4-9-22(23)38-20-7-8-20)26(35)32-11-10-19-13-21-25(37-15-28(21,14-34)27(30)31)24(33-19)16-2-5-18(29)6-3-16;1-2/h2-6,9,12-14,20,27H,7-8,10-11,15H2,1H3,(H,32,35);2H2,1H3. The summed E-state index contributed by atoms with van der Waals surface area (Å²) in [6.07, 6.45) is -0.459. The monoisotopic (exact) mass is 557 g/mol. The van der Waals surface area contributed by atoms with Crippen LogP contribution in [0.4, 0.5) is 13.2 Å². The van der Waals surface area contributed by atoms with Crippen LogP contribution in [-0.4, -0.2) is 57.0 Å². The number of aromatic nitrogens is 1. The van der Waals surface area contributed by atoms with Gasteiger partial charge in [0.25, 0.3) is 12.3 Å². The molecule has 0 saturated heterocycles. The first kappa shape index (κ1) is 28.9. The van der Waals surface area contributed by atoms with Gasteiger partial charge in [-0.05, 0) is 68.4 Å². The van der Waals surface area contributed by atoms with Crippen molar-refractivity contribution in [2.75, 3.05) is 27.3 Å². The molecule has 11 heteroatoms. The van der Waals surface area contributed by atoms with E-state index >= 15 is 0 Å². The molecule has 3 N–H and O–H groups in total. The summed E-state index contributed by atoms with van der Waals surface area (Å²) in [4.78, 5) is 29.1. The third-order valence-electron chi connectivity index (χ3n) is 6.61. The normalized spacial score (nSPS) is 17.3. The molecule has 1 atom stereocenters. The molecule has 5 rings (SSSR count). The number of hydrogen-bond acceptors (Lipinski definition) is 7. The molecule has 1 unspecified atom stereocenters. The van der Waals surface area contributed by atoms with Gasteiger partial charge in [0.05, 0.1) is 13.2 Å². The second-order valence-electron chi connectivity index (χ2n) is 9.28. The number of carbonyl (C=O) groups excluding carboxylic acids is 2. The van der Waals surface area contributed by atoms with E-state index in [-0.39, 0.29) is 48.3 Å². The lowest BCUT2D eigenvalue weighted by Gasteiger charge is -2.20. The molecule has 3 aromatic rings. The van der Waals surface area contributed by atoms with E-state index < -0.39 is 24.3 Å². The van der Waals surface area contributed by atoms with Crippen LogP contribution in [-0.2, 0) is 16.6 Å². The second kappa shape index (κ2) is 12.4. The van der Waals surface area contributed by atoms with E-state index in [4.69, 9.17) is 14.2 Å². The molecule has 1 aromatic heterocycles. The van der Waals surface area contributed by atoms with Gasteiger partial charge in [0.1, 0.15) is 35.6 Å². The zero-order valence-electron chi connectivity index (χ0n) is 22.1. The summed E-state index contributed by atoms with van der Waals surface area (Å²) in [6, 6.07) is 11.7. The van der Waals surface area contributed by atoms with Crippen molar-refractivity contribution in [3.63, 3.8) is 0 Å². The Hall–Kier alpha value is -4.12. The van der Waals surface area contributed by atoms with Crippen molar-refractivity contribution < 1.29 is 37.0 Å². The Kier molecular flexibility index (Phi) is 8.93. The smallest absolute Gasteiger partial charge is 0.258 e. The molecule has 8 nitrogen and oxygen atoms in total. The number of hydrogen-bond donors (Lipinski definition) is 2. The Morgan fingerprint density at radius 3 is 2.52 bits per heavy atom. The maximum Gasteiger partial charge on any atom is 0.258 e. The van der Waals surface area contributed by atoms with Crippen molar-refractivity contribution in [1.29, 1.82) is 0 Å². The van der Waals surface area contributed by atoms with E-state index in [1.165, 1.54) is 44.5 Å². The molecule has 1 aliphatic carbocycles. The third kappa shape index (κ3) is 5.89. The lowest BCUT2D eigenvalue weighted by molar-refractivity contribution is -0.118. The summed E-state index contributed by atoms with van der Waals surface area (Å²) in [5.74, 6) is 0.258. The van der Waals surface area contributed by atoms with Crippen LogP contribution in [0.3, 0.4) is 0 Å². The lowest BCUT2D eigenvalue weighted by Crippen LogP contribution is -2.38. The lowest BCUT2D eigenvalue weighted by atomic mass is 9.83. The molecule has 0 bridgehead atoms. The van der Waals surface area contributed by atoms with Crippen LogP contribution < -0.4 is 25.3 Å². The van der Waals surface area contributed by atoms with Crippen molar-refractivity contribution in [3.05, 3.63) is 71.2 Å². The SMILES string of the molecule is CN.COc1cc(C(=O)NCCc2cc3c(c(-c4ccc(F)cc4)n2)OCC3(C=O)C(F)F)ccc1OC1CC1. The molecule has 212 valence electrons. The number of rotatable bonds is 10. The van der Waals surface area contributed by atoms with E-state index in [2.05, 4.69) is 16.0 Å². The summed E-state index contributed by atoms with van der Waals surface area (Å²) in [6.45, 7) is -0.387.